The second-order valence-corrected chi connectivity index (χ2v) is 8.01. The van der Waals surface area contributed by atoms with E-state index in [4.69, 9.17) is 4.74 Å². The number of ether oxygens (including phenoxy) is 1. The Morgan fingerprint density at radius 1 is 1.21 bits per heavy atom. The van der Waals surface area contributed by atoms with Gasteiger partial charge in [0.2, 0.25) is 0 Å². The first-order valence-electron chi connectivity index (χ1n) is 9.71. The normalized spacial score (nSPS) is 22.9. The Balaban J connectivity index is 1.50. The summed E-state index contributed by atoms with van der Waals surface area (Å²) in [5.74, 6) is -0.301. The lowest BCUT2D eigenvalue weighted by Gasteiger charge is -2.47. The van der Waals surface area contributed by atoms with Crippen LogP contribution in [-0.2, 0) is 16.1 Å². The molecule has 2 aliphatic heterocycles. The first-order valence-corrected chi connectivity index (χ1v) is 9.71. The van der Waals surface area contributed by atoms with E-state index in [1.807, 2.05) is 44.2 Å². The van der Waals surface area contributed by atoms with Gasteiger partial charge in [-0.1, -0.05) is 30.3 Å². The van der Waals surface area contributed by atoms with Gasteiger partial charge in [0.25, 0.3) is 5.91 Å². The third-order valence-electron chi connectivity index (χ3n) is 6.18. The largest absolute Gasteiger partial charge is 0.466 e. The summed E-state index contributed by atoms with van der Waals surface area (Å²) in [6.45, 7) is 7.07. The van der Waals surface area contributed by atoms with E-state index in [-0.39, 0.29) is 17.3 Å². The minimum atomic E-state index is -0.691. The Labute approximate surface area is 164 Å². The average Bonchev–Trinajstić information content (AvgIpc) is 3.25. The van der Waals surface area contributed by atoms with Crippen molar-refractivity contribution in [3.8, 4) is 0 Å². The van der Waals surface area contributed by atoms with Crippen LogP contribution < -0.4 is 5.32 Å². The van der Waals surface area contributed by atoms with Gasteiger partial charge < -0.3 is 15.0 Å². The lowest BCUT2D eigenvalue weighted by atomic mass is 9.63. The number of aromatic nitrogens is 2. The zero-order valence-electron chi connectivity index (χ0n) is 16.4. The Kier molecular flexibility index (Phi) is 4.71. The molecule has 1 aromatic heterocycles. The van der Waals surface area contributed by atoms with Crippen LogP contribution in [0.2, 0.25) is 0 Å². The molecule has 1 N–H and O–H groups in total. The number of hydrogen-bond donors (Lipinski definition) is 1. The second-order valence-electron chi connectivity index (χ2n) is 8.01. The van der Waals surface area contributed by atoms with Crippen molar-refractivity contribution >= 4 is 11.9 Å². The molecule has 3 heterocycles. The lowest BCUT2D eigenvalue weighted by Crippen LogP contribution is -2.64. The Morgan fingerprint density at radius 2 is 1.96 bits per heavy atom. The molecule has 148 valence electrons. The molecule has 0 radical (unpaired) electrons. The van der Waals surface area contributed by atoms with Crippen molar-refractivity contribution in [1.29, 1.82) is 0 Å². The molecule has 1 aromatic carbocycles. The second kappa shape index (κ2) is 7.05. The highest BCUT2D eigenvalue weighted by atomic mass is 16.5. The summed E-state index contributed by atoms with van der Waals surface area (Å²) >= 11 is 0. The zero-order valence-corrected chi connectivity index (χ0v) is 16.4. The van der Waals surface area contributed by atoms with Gasteiger partial charge in [-0.15, -0.1) is 0 Å². The van der Waals surface area contributed by atoms with Crippen molar-refractivity contribution in [3.63, 3.8) is 0 Å². The van der Waals surface area contributed by atoms with Crippen LogP contribution in [0, 0.1) is 10.8 Å². The molecule has 7 heteroatoms. The predicted molar refractivity (Wildman–Crippen MR) is 104 cm³/mol. The van der Waals surface area contributed by atoms with Gasteiger partial charge in [-0.2, -0.15) is 5.10 Å². The number of nitrogens with zero attached hydrogens (tertiary/aromatic N) is 3. The zero-order chi connectivity index (χ0) is 19.8. The molecular weight excluding hydrogens is 356 g/mol. The first kappa shape index (κ1) is 18.7. The number of rotatable bonds is 5. The van der Waals surface area contributed by atoms with E-state index in [1.54, 1.807) is 22.0 Å². The van der Waals surface area contributed by atoms with Gasteiger partial charge in [-0.3, -0.25) is 14.3 Å². The minimum absolute atomic E-state index is 0.0846. The number of hydrogen-bond acceptors (Lipinski definition) is 5. The first-order chi connectivity index (χ1) is 13.5. The van der Waals surface area contributed by atoms with Crippen LogP contribution in [0.1, 0.15) is 29.8 Å². The molecule has 0 saturated carbocycles. The van der Waals surface area contributed by atoms with Crippen LogP contribution >= 0.6 is 0 Å². The van der Waals surface area contributed by atoms with Crippen LogP contribution in [-0.4, -0.2) is 59.3 Å². The molecule has 1 spiro atoms. The summed E-state index contributed by atoms with van der Waals surface area (Å²) in [5, 5.41) is 7.61. The maximum Gasteiger partial charge on any atom is 0.314 e. The Hall–Kier alpha value is -2.67. The van der Waals surface area contributed by atoms with E-state index in [2.05, 4.69) is 10.4 Å². The van der Waals surface area contributed by atoms with Gasteiger partial charge in [0, 0.05) is 37.8 Å². The fourth-order valence-electron chi connectivity index (χ4n) is 4.30. The number of amides is 1. The summed E-state index contributed by atoms with van der Waals surface area (Å²) < 4.78 is 7.11. The van der Waals surface area contributed by atoms with Gasteiger partial charge in [0.05, 0.1) is 30.3 Å². The highest BCUT2D eigenvalue weighted by Crippen LogP contribution is 2.50. The van der Waals surface area contributed by atoms with Gasteiger partial charge in [0.1, 0.15) is 0 Å². The standard InChI is InChI=1S/C21H26N4O3/c1-3-28-19(27)20(2)14-24(15-21(20)12-22-13-21)18(26)17-9-23-25(11-17)10-16-7-5-4-6-8-16/h4-9,11,22H,3,10,12-15H2,1-2H3. The van der Waals surface area contributed by atoms with Gasteiger partial charge in [-0.25, -0.2) is 0 Å². The number of esters is 1. The van der Waals surface area contributed by atoms with Crippen LogP contribution in [0.5, 0.6) is 0 Å². The lowest BCUT2D eigenvalue weighted by molar-refractivity contribution is -0.162. The molecule has 7 nitrogen and oxygen atoms in total. The molecule has 2 aromatic rings. The molecule has 28 heavy (non-hydrogen) atoms. The monoisotopic (exact) mass is 382 g/mol. The molecule has 2 fully saturated rings. The van der Waals surface area contributed by atoms with Crippen LogP contribution in [0.25, 0.3) is 0 Å². The van der Waals surface area contributed by atoms with E-state index in [1.165, 1.54) is 0 Å². The summed E-state index contributed by atoms with van der Waals surface area (Å²) in [5.41, 5.74) is 0.727. The molecule has 1 unspecified atom stereocenters. The van der Waals surface area contributed by atoms with Crippen molar-refractivity contribution in [2.45, 2.75) is 20.4 Å². The summed E-state index contributed by atoms with van der Waals surface area (Å²) in [6.07, 6.45) is 3.39. The highest BCUT2D eigenvalue weighted by Gasteiger charge is 2.63. The van der Waals surface area contributed by atoms with Crippen LogP contribution in [0.3, 0.4) is 0 Å². The molecule has 0 aliphatic carbocycles. The maximum atomic E-state index is 13.1. The van der Waals surface area contributed by atoms with E-state index in [9.17, 15) is 9.59 Å². The van der Waals surface area contributed by atoms with Crippen molar-refractivity contribution in [3.05, 3.63) is 53.9 Å². The van der Waals surface area contributed by atoms with Gasteiger partial charge in [-0.05, 0) is 19.4 Å². The fraction of sp³-hybridized carbons (Fsp3) is 0.476. The van der Waals surface area contributed by atoms with E-state index in [0.29, 0.717) is 31.8 Å². The predicted octanol–water partition coefficient (Wildman–Crippen LogP) is 1.55. The molecule has 1 amide bonds. The van der Waals surface area contributed by atoms with Crippen molar-refractivity contribution in [2.75, 3.05) is 32.8 Å². The van der Waals surface area contributed by atoms with Gasteiger partial charge >= 0.3 is 5.97 Å². The van der Waals surface area contributed by atoms with Crippen molar-refractivity contribution < 1.29 is 14.3 Å². The molecule has 0 bridgehead atoms. The average molecular weight is 382 g/mol. The third kappa shape index (κ3) is 2.99. The SMILES string of the molecule is CCOC(=O)C1(C)CN(C(=O)c2cnn(Cc3ccccc3)c2)CC12CNC2. The van der Waals surface area contributed by atoms with Crippen LogP contribution in [0.4, 0.5) is 0 Å². The number of likely N-dealkylation sites (tertiary alicyclic amines) is 1. The molecule has 4 rings (SSSR count). The number of nitrogens with one attached hydrogen (secondary N) is 1. The summed E-state index contributed by atoms with van der Waals surface area (Å²) in [4.78, 5) is 27.6. The number of carbonyl (C=O) groups excluding carboxylic acids is 2. The van der Waals surface area contributed by atoms with E-state index >= 15 is 0 Å². The van der Waals surface area contributed by atoms with E-state index < -0.39 is 5.41 Å². The molecule has 1 atom stereocenters. The number of carbonyl (C=O) groups is 2. The minimum Gasteiger partial charge on any atom is -0.466 e. The smallest absolute Gasteiger partial charge is 0.314 e. The van der Waals surface area contributed by atoms with Crippen LogP contribution in [0.15, 0.2) is 42.7 Å². The Morgan fingerprint density at radius 3 is 2.61 bits per heavy atom. The third-order valence-corrected chi connectivity index (χ3v) is 6.18. The van der Waals surface area contributed by atoms with Crippen molar-refractivity contribution in [2.24, 2.45) is 10.8 Å². The highest BCUT2D eigenvalue weighted by molar-refractivity contribution is 5.95. The summed E-state index contributed by atoms with van der Waals surface area (Å²) in [6, 6.07) is 10.00. The van der Waals surface area contributed by atoms with Crippen molar-refractivity contribution in [1.82, 2.24) is 20.0 Å². The molecule has 2 saturated heterocycles. The maximum absolute atomic E-state index is 13.1. The molecular formula is C21H26N4O3. The summed E-state index contributed by atoms with van der Waals surface area (Å²) in [7, 11) is 0. The topological polar surface area (TPSA) is 76.5 Å². The van der Waals surface area contributed by atoms with Gasteiger partial charge in [0.15, 0.2) is 0 Å². The Bertz CT molecular complexity index is 875. The van der Waals surface area contributed by atoms with E-state index in [0.717, 1.165) is 18.7 Å². The fourth-order valence-corrected chi connectivity index (χ4v) is 4.30. The number of benzene rings is 1. The molecule has 2 aliphatic rings. The quantitative estimate of drug-likeness (QED) is 0.794.